The number of ether oxygens (including phenoxy) is 3. The number of aliphatic hydroxyl groups is 2. The molecule has 6 atom stereocenters. The van der Waals surface area contributed by atoms with Crippen LogP contribution in [0.1, 0.15) is 47.0 Å². The number of hydrogen-bond acceptors (Lipinski definition) is 8. The Morgan fingerprint density at radius 2 is 2.00 bits per heavy atom. The van der Waals surface area contributed by atoms with Crippen molar-refractivity contribution in [3.63, 3.8) is 0 Å². The lowest BCUT2D eigenvalue weighted by molar-refractivity contribution is -0.188. The standard InChI is InChI=1S/C22H30O8/c1-11-7-8-16(24)12(2)10-18(19-13(3)20(25)29-17(19)9-11)30-21(26)22(6,27)14(4)28-15(5)23/h9,14,16-19,24,27H,2-3,7-8,10H2,1,4-6H3. The summed E-state index contributed by atoms with van der Waals surface area (Å²) in [5, 5.41) is 21.0. The maximum Gasteiger partial charge on any atom is 0.342 e. The highest BCUT2D eigenvalue weighted by molar-refractivity contribution is 5.91. The Hall–Kier alpha value is -2.45. The Balaban J connectivity index is 2.37. The van der Waals surface area contributed by atoms with E-state index in [2.05, 4.69) is 13.2 Å². The molecule has 30 heavy (non-hydrogen) atoms. The van der Waals surface area contributed by atoms with Crippen LogP contribution in [-0.2, 0) is 28.6 Å². The molecule has 1 heterocycles. The molecule has 166 valence electrons. The quantitative estimate of drug-likeness (QED) is 0.304. The molecular weight excluding hydrogens is 392 g/mol. The zero-order valence-corrected chi connectivity index (χ0v) is 17.8. The number of rotatable bonds is 4. The molecule has 0 saturated carbocycles. The molecular formula is C22H30O8. The highest BCUT2D eigenvalue weighted by Gasteiger charge is 2.48. The van der Waals surface area contributed by atoms with Crippen molar-refractivity contribution in [3.05, 3.63) is 36.0 Å². The van der Waals surface area contributed by atoms with Gasteiger partial charge in [0, 0.05) is 18.9 Å². The van der Waals surface area contributed by atoms with Gasteiger partial charge in [0.05, 0.1) is 12.0 Å². The van der Waals surface area contributed by atoms with Gasteiger partial charge in [-0.1, -0.05) is 18.7 Å². The summed E-state index contributed by atoms with van der Waals surface area (Å²) in [5.74, 6) is -3.00. The average molecular weight is 422 g/mol. The second kappa shape index (κ2) is 9.14. The molecule has 8 nitrogen and oxygen atoms in total. The molecule has 2 N–H and O–H groups in total. The zero-order chi connectivity index (χ0) is 22.8. The largest absolute Gasteiger partial charge is 0.459 e. The first-order chi connectivity index (χ1) is 13.8. The zero-order valence-electron chi connectivity index (χ0n) is 17.8. The van der Waals surface area contributed by atoms with E-state index < -0.39 is 53.8 Å². The van der Waals surface area contributed by atoms with Gasteiger partial charge in [0.15, 0.2) is 5.60 Å². The van der Waals surface area contributed by atoms with E-state index in [9.17, 15) is 24.6 Å². The molecule has 8 heteroatoms. The molecule has 1 aliphatic carbocycles. The second-order valence-electron chi connectivity index (χ2n) is 8.19. The molecule has 2 rings (SSSR count). The predicted octanol–water partition coefficient (Wildman–Crippen LogP) is 1.75. The Kier molecular flexibility index (Phi) is 7.26. The van der Waals surface area contributed by atoms with E-state index in [1.54, 1.807) is 6.08 Å². The molecule has 0 aromatic carbocycles. The fourth-order valence-electron chi connectivity index (χ4n) is 3.54. The molecule has 1 aliphatic heterocycles. The summed E-state index contributed by atoms with van der Waals surface area (Å²) in [6, 6.07) is 0. The predicted molar refractivity (Wildman–Crippen MR) is 107 cm³/mol. The highest BCUT2D eigenvalue weighted by atomic mass is 16.6. The van der Waals surface area contributed by atoms with Gasteiger partial charge in [-0.25, -0.2) is 9.59 Å². The maximum absolute atomic E-state index is 12.8. The second-order valence-corrected chi connectivity index (χ2v) is 8.19. The third-order valence-electron chi connectivity index (χ3n) is 5.66. The van der Waals surface area contributed by atoms with Gasteiger partial charge in [0.25, 0.3) is 0 Å². The summed E-state index contributed by atoms with van der Waals surface area (Å²) in [6.45, 7) is 13.3. The first kappa shape index (κ1) is 23.8. The molecule has 0 radical (unpaired) electrons. The van der Waals surface area contributed by atoms with Crippen molar-refractivity contribution in [3.8, 4) is 0 Å². The van der Waals surface area contributed by atoms with Gasteiger partial charge in [-0.3, -0.25) is 4.79 Å². The van der Waals surface area contributed by atoms with E-state index in [0.717, 1.165) is 12.5 Å². The normalized spacial score (nSPS) is 30.3. The number of carbonyl (C=O) groups is 3. The lowest BCUT2D eigenvalue weighted by atomic mass is 9.83. The van der Waals surface area contributed by atoms with E-state index in [-0.39, 0.29) is 12.0 Å². The molecule has 0 aromatic rings. The van der Waals surface area contributed by atoms with E-state index >= 15 is 0 Å². The number of fused-ring (bicyclic) bond motifs is 1. The Labute approximate surface area is 176 Å². The minimum absolute atomic E-state index is 0.0502. The topological polar surface area (TPSA) is 119 Å². The first-order valence-corrected chi connectivity index (χ1v) is 9.88. The molecule has 0 bridgehead atoms. The fourth-order valence-corrected chi connectivity index (χ4v) is 3.54. The van der Waals surface area contributed by atoms with Crippen molar-refractivity contribution in [1.82, 2.24) is 0 Å². The molecule has 2 aliphatic rings. The van der Waals surface area contributed by atoms with Crippen LogP contribution in [0.4, 0.5) is 0 Å². The van der Waals surface area contributed by atoms with Gasteiger partial charge < -0.3 is 24.4 Å². The van der Waals surface area contributed by atoms with Gasteiger partial charge >= 0.3 is 17.9 Å². The SMILES string of the molecule is C=C1CC(OC(=O)C(C)(O)C(C)OC(C)=O)C2C(=C)C(=O)OC2C=C(C)CCC1O. The molecule has 0 aromatic heterocycles. The van der Waals surface area contributed by atoms with Crippen molar-refractivity contribution >= 4 is 17.9 Å². The van der Waals surface area contributed by atoms with Gasteiger partial charge in [0.1, 0.15) is 18.3 Å². The summed E-state index contributed by atoms with van der Waals surface area (Å²) in [4.78, 5) is 36.2. The van der Waals surface area contributed by atoms with Gasteiger partial charge in [-0.05, 0) is 45.3 Å². The van der Waals surface area contributed by atoms with Crippen LogP contribution in [0.15, 0.2) is 36.0 Å². The summed E-state index contributed by atoms with van der Waals surface area (Å²) < 4.78 is 15.9. The third kappa shape index (κ3) is 5.17. The van der Waals surface area contributed by atoms with E-state index in [0.29, 0.717) is 18.4 Å². The Morgan fingerprint density at radius 1 is 1.37 bits per heavy atom. The minimum Gasteiger partial charge on any atom is -0.459 e. The minimum atomic E-state index is -2.13. The van der Waals surface area contributed by atoms with Crippen LogP contribution in [0.3, 0.4) is 0 Å². The lowest BCUT2D eigenvalue weighted by Gasteiger charge is -2.33. The van der Waals surface area contributed by atoms with Crippen LogP contribution < -0.4 is 0 Å². The number of esters is 3. The van der Waals surface area contributed by atoms with Gasteiger partial charge in [0.2, 0.25) is 0 Å². The highest BCUT2D eigenvalue weighted by Crippen LogP contribution is 2.37. The molecule has 0 amide bonds. The summed E-state index contributed by atoms with van der Waals surface area (Å²) in [5.41, 5.74) is -0.659. The van der Waals surface area contributed by atoms with Crippen LogP contribution in [0, 0.1) is 5.92 Å². The Morgan fingerprint density at radius 3 is 2.60 bits per heavy atom. The van der Waals surface area contributed by atoms with Crippen molar-refractivity contribution in [2.45, 2.75) is 77.0 Å². The van der Waals surface area contributed by atoms with Crippen LogP contribution in [-0.4, -0.2) is 58.1 Å². The number of aliphatic hydroxyl groups excluding tert-OH is 1. The number of carbonyl (C=O) groups excluding carboxylic acids is 3. The summed E-state index contributed by atoms with van der Waals surface area (Å²) in [6.07, 6.45) is -0.821. The average Bonchev–Trinajstić information content (AvgIpc) is 2.91. The molecule has 1 saturated heterocycles. The summed E-state index contributed by atoms with van der Waals surface area (Å²) in [7, 11) is 0. The number of hydrogen-bond donors (Lipinski definition) is 2. The van der Waals surface area contributed by atoms with E-state index in [4.69, 9.17) is 14.2 Å². The van der Waals surface area contributed by atoms with E-state index in [1.165, 1.54) is 13.8 Å². The number of allylic oxidation sites excluding steroid dienone is 1. The molecule has 1 fully saturated rings. The summed E-state index contributed by atoms with van der Waals surface area (Å²) >= 11 is 0. The lowest BCUT2D eigenvalue weighted by Crippen LogP contribution is -2.50. The maximum atomic E-state index is 12.8. The van der Waals surface area contributed by atoms with Crippen LogP contribution >= 0.6 is 0 Å². The van der Waals surface area contributed by atoms with Gasteiger partial charge in [-0.2, -0.15) is 0 Å². The third-order valence-corrected chi connectivity index (χ3v) is 5.66. The van der Waals surface area contributed by atoms with Gasteiger partial charge in [-0.15, -0.1) is 0 Å². The van der Waals surface area contributed by atoms with E-state index in [1.807, 2.05) is 6.92 Å². The van der Waals surface area contributed by atoms with Crippen LogP contribution in [0.2, 0.25) is 0 Å². The fraction of sp³-hybridized carbons (Fsp3) is 0.591. The van der Waals surface area contributed by atoms with Crippen molar-refractivity contribution in [1.29, 1.82) is 0 Å². The monoisotopic (exact) mass is 422 g/mol. The van der Waals surface area contributed by atoms with Crippen molar-refractivity contribution < 1.29 is 38.8 Å². The van der Waals surface area contributed by atoms with Crippen molar-refractivity contribution in [2.75, 3.05) is 0 Å². The van der Waals surface area contributed by atoms with Crippen LogP contribution in [0.5, 0.6) is 0 Å². The van der Waals surface area contributed by atoms with Crippen molar-refractivity contribution in [2.24, 2.45) is 5.92 Å². The Bertz CT molecular complexity index is 778. The smallest absolute Gasteiger partial charge is 0.342 e. The molecule has 0 spiro atoms. The van der Waals surface area contributed by atoms with Crippen LogP contribution in [0.25, 0.3) is 0 Å². The first-order valence-electron chi connectivity index (χ1n) is 9.88. The molecule has 6 unspecified atom stereocenters.